The predicted octanol–water partition coefficient (Wildman–Crippen LogP) is 3.79. The largest absolute Gasteiger partial charge is 0.476 e. The summed E-state index contributed by atoms with van der Waals surface area (Å²) in [5.74, 6) is -1.35. The number of benzene rings is 1. The van der Waals surface area contributed by atoms with Crippen molar-refractivity contribution < 1.29 is 27.5 Å². The third-order valence-corrected chi connectivity index (χ3v) is 2.49. The molecule has 1 aromatic carbocycles. The van der Waals surface area contributed by atoms with Gasteiger partial charge in [0, 0.05) is 5.02 Å². The van der Waals surface area contributed by atoms with E-state index < -0.39 is 23.4 Å². The molecule has 20 heavy (non-hydrogen) atoms. The second-order valence-electron chi connectivity index (χ2n) is 3.66. The van der Waals surface area contributed by atoms with Gasteiger partial charge in [-0.05, 0) is 18.2 Å². The highest BCUT2D eigenvalue weighted by Gasteiger charge is 2.34. The normalized spacial score (nSPS) is 11.4. The number of alkyl halides is 3. The van der Waals surface area contributed by atoms with Gasteiger partial charge in [-0.3, -0.25) is 0 Å². The minimum absolute atomic E-state index is 0.0819. The van der Waals surface area contributed by atoms with E-state index in [-0.39, 0.29) is 16.7 Å². The summed E-state index contributed by atoms with van der Waals surface area (Å²) in [5, 5.41) is 10.8. The standard InChI is InChI=1S/C11H6ClF3N2O3/c12-5-1-2-7(6(3-5)11(13,14)15)16-10-17-8(4-20-10)9(18)19/h1-4H,(H,16,17)(H,18,19). The minimum atomic E-state index is -4.63. The van der Waals surface area contributed by atoms with E-state index in [4.69, 9.17) is 21.1 Å². The zero-order chi connectivity index (χ0) is 14.9. The molecule has 106 valence electrons. The van der Waals surface area contributed by atoms with Crippen molar-refractivity contribution in [3.05, 3.63) is 40.7 Å². The molecule has 9 heteroatoms. The molecule has 0 amide bonds. The summed E-state index contributed by atoms with van der Waals surface area (Å²) in [7, 11) is 0. The topological polar surface area (TPSA) is 75.4 Å². The number of anilines is 2. The van der Waals surface area contributed by atoms with Crippen LogP contribution in [0.4, 0.5) is 24.9 Å². The second-order valence-corrected chi connectivity index (χ2v) is 4.09. The van der Waals surface area contributed by atoms with Crippen molar-refractivity contribution in [3.63, 3.8) is 0 Å². The second kappa shape index (κ2) is 5.04. The van der Waals surface area contributed by atoms with Crippen molar-refractivity contribution in [3.8, 4) is 0 Å². The van der Waals surface area contributed by atoms with E-state index in [2.05, 4.69) is 10.3 Å². The maximum absolute atomic E-state index is 12.8. The van der Waals surface area contributed by atoms with E-state index >= 15 is 0 Å². The molecular formula is C11H6ClF3N2O3. The number of oxazole rings is 1. The summed E-state index contributed by atoms with van der Waals surface area (Å²) >= 11 is 5.53. The Hall–Kier alpha value is -2.22. The SMILES string of the molecule is O=C(O)c1coc(Nc2ccc(Cl)cc2C(F)(F)F)n1. The number of nitrogens with zero attached hydrogens (tertiary/aromatic N) is 1. The third kappa shape index (κ3) is 3.02. The van der Waals surface area contributed by atoms with Crippen LogP contribution in [0.25, 0.3) is 0 Å². The highest BCUT2D eigenvalue weighted by Crippen LogP contribution is 2.37. The van der Waals surface area contributed by atoms with Gasteiger partial charge in [0.2, 0.25) is 0 Å². The molecule has 0 spiro atoms. The lowest BCUT2D eigenvalue weighted by Crippen LogP contribution is -2.09. The summed E-state index contributed by atoms with van der Waals surface area (Å²) in [6, 6.07) is 2.72. The van der Waals surface area contributed by atoms with Gasteiger partial charge in [-0.15, -0.1) is 0 Å². The molecule has 1 aromatic heterocycles. The first kappa shape index (κ1) is 14.2. The Bertz CT molecular complexity index is 655. The van der Waals surface area contributed by atoms with Crippen molar-refractivity contribution in [2.24, 2.45) is 0 Å². The van der Waals surface area contributed by atoms with Crippen molar-refractivity contribution >= 4 is 29.3 Å². The van der Waals surface area contributed by atoms with Gasteiger partial charge in [0.25, 0.3) is 6.01 Å². The summed E-state index contributed by atoms with van der Waals surface area (Å²) in [6.45, 7) is 0. The maximum atomic E-state index is 12.8. The molecule has 0 unspecified atom stereocenters. The van der Waals surface area contributed by atoms with Gasteiger partial charge in [-0.25, -0.2) is 4.79 Å². The first-order valence-corrected chi connectivity index (χ1v) is 5.48. The Kier molecular flexibility index (Phi) is 3.58. The van der Waals surface area contributed by atoms with Crippen LogP contribution in [0.5, 0.6) is 0 Å². The molecule has 0 aliphatic rings. The van der Waals surface area contributed by atoms with Gasteiger partial charge in [0.15, 0.2) is 5.69 Å². The zero-order valence-corrected chi connectivity index (χ0v) is 10.3. The summed E-state index contributed by atoms with van der Waals surface area (Å²) < 4.78 is 43.2. The van der Waals surface area contributed by atoms with Crippen LogP contribution in [0, 0.1) is 0 Å². The molecule has 2 aromatic rings. The summed E-state index contributed by atoms with van der Waals surface area (Å²) in [6.07, 6.45) is -3.82. The van der Waals surface area contributed by atoms with Crippen LogP contribution >= 0.6 is 11.6 Å². The number of carbonyl (C=O) groups is 1. The van der Waals surface area contributed by atoms with Gasteiger partial charge in [-0.1, -0.05) is 11.6 Å². The highest BCUT2D eigenvalue weighted by molar-refractivity contribution is 6.30. The first-order valence-electron chi connectivity index (χ1n) is 5.10. The molecule has 0 aliphatic heterocycles. The molecule has 1 heterocycles. The van der Waals surface area contributed by atoms with Gasteiger partial charge in [0.1, 0.15) is 6.26 Å². The molecule has 0 bridgehead atoms. The van der Waals surface area contributed by atoms with Gasteiger partial charge < -0.3 is 14.8 Å². The fraction of sp³-hybridized carbons (Fsp3) is 0.0909. The molecule has 2 N–H and O–H groups in total. The molecule has 0 saturated heterocycles. The molecule has 2 rings (SSSR count). The number of carboxylic acids is 1. The molecule has 0 fully saturated rings. The lowest BCUT2D eigenvalue weighted by atomic mass is 10.1. The van der Waals surface area contributed by atoms with E-state index in [1.54, 1.807) is 0 Å². The van der Waals surface area contributed by atoms with Gasteiger partial charge >= 0.3 is 12.1 Å². The van der Waals surface area contributed by atoms with Crippen LogP contribution in [-0.4, -0.2) is 16.1 Å². The number of aromatic carboxylic acids is 1. The van der Waals surface area contributed by atoms with Crippen LogP contribution in [0.2, 0.25) is 5.02 Å². The van der Waals surface area contributed by atoms with Crippen molar-refractivity contribution in [1.29, 1.82) is 0 Å². The smallest absolute Gasteiger partial charge is 0.418 e. The van der Waals surface area contributed by atoms with E-state index in [1.807, 2.05) is 0 Å². The number of nitrogens with one attached hydrogen (secondary N) is 1. The fourth-order valence-electron chi connectivity index (χ4n) is 1.40. The van der Waals surface area contributed by atoms with Crippen molar-refractivity contribution in [1.82, 2.24) is 4.98 Å². The molecular weight excluding hydrogens is 301 g/mol. The van der Waals surface area contributed by atoms with E-state index in [9.17, 15) is 18.0 Å². The first-order chi connectivity index (χ1) is 9.27. The maximum Gasteiger partial charge on any atom is 0.418 e. The Morgan fingerprint density at radius 1 is 1.40 bits per heavy atom. The van der Waals surface area contributed by atoms with Crippen LogP contribution in [-0.2, 0) is 6.18 Å². The zero-order valence-electron chi connectivity index (χ0n) is 9.53. The van der Waals surface area contributed by atoms with Crippen LogP contribution in [0.15, 0.2) is 28.9 Å². The minimum Gasteiger partial charge on any atom is -0.476 e. The monoisotopic (exact) mass is 306 g/mol. The Labute approximate surface area is 115 Å². The lowest BCUT2D eigenvalue weighted by molar-refractivity contribution is -0.136. The number of rotatable bonds is 3. The quantitative estimate of drug-likeness (QED) is 0.902. The van der Waals surface area contributed by atoms with E-state index in [1.165, 1.54) is 6.07 Å². The highest BCUT2D eigenvalue weighted by atomic mass is 35.5. The van der Waals surface area contributed by atoms with Gasteiger partial charge in [-0.2, -0.15) is 18.2 Å². The number of halogens is 4. The summed E-state index contributed by atoms with van der Waals surface area (Å²) in [5.41, 5.74) is -1.78. The van der Waals surface area contributed by atoms with E-state index in [0.29, 0.717) is 0 Å². The number of hydrogen-bond donors (Lipinski definition) is 2. The van der Waals surface area contributed by atoms with Crippen LogP contribution < -0.4 is 5.32 Å². The molecule has 0 radical (unpaired) electrons. The summed E-state index contributed by atoms with van der Waals surface area (Å²) in [4.78, 5) is 14.1. The van der Waals surface area contributed by atoms with Gasteiger partial charge in [0.05, 0.1) is 11.3 Å². The fourth-order valence-corrected chi connectivity index (χ4v) is 1.58. The Morgan fingerprint density at radius 2 is 2.10 bits per heavy atom. The molecule has 0 saturated carbocycles. The number of hydrogen-bond acceptors (Lipinski definition) is 4. The van der Waals surface area contributed by atoms with E-state index in [0.717, 1.165) is 18.4 Å². The van der Waals surface area contributed by atoms with Crippen molar-refractivity contribution in [2.75, 3.05) is 5.32 Å². The van der Waals surface area contributed by atoms with Crippen molar-refractivity contribution in [2.45, 2.75) is 6.18 Å². The third-order valence-electron chi connectivity index (χ3n) is 2.25. The number of carboxylic acid groups (broad SMARTS) is 1. The van der Waals surface area contributed by atoms with Crippen LogP contribution in [0.1, 0.15) is 16.1 Å². The molecule has 0 atom stereocenters. The molecule has 0 aliphatic carbocycles. The Balaban J connectivity index is 2.35. The lowest BCUT2D eigenvalue weighted by Gasteiger charge is -2.12. The number of aromatic nitrogens is 1. The average Bonchev–Trinajstić information content (AvgIpc) is 2.79. The Morgan fingerprint density at radius 3 is 2.65 bits per heavy atom. The average molecular weight is 307 g/mol. The predicted molar refractivity (Wildman–Crippen MR) is 63.2 cm³/mol. The van der Waals surface area contributed by atoms with Crippen LogP contribution in [0.3, 0.4) is 0 Å². The molecule has 5 nitrogen and oxygen atoms in total.